The van der Waals surface area contributed by atoms with Crippen LogP contribution in [-0.2, 0) is 13.0 Å². The molecule has 1 N–H and O–H groups in total. The predicted molar refractivity (Wildman–Crippen MR) is 61.7 cm³/mol. The first-order valence-electron chi connectivity index (χ1n) is 4.90. The van der Waals surface area contributed by atoms with Gasteiger partial charge in [-0.1, -0.05) is 0 Å². The number of halogens is 1. The fourth-order valence-corrected chi connectivity index (χ4v) is 3.27. The largest absolute Gasteiger partial charge is 0.312 e. The third-order valence-electron chi connectivity index (χ3n) is 2.88. The van der Waals surface area contributed by atoms with Gasteiger partial charge in [-0.3, -0.25) is 4.68 Å². The Bertz CT molecular complexity index is 359. The van der Waals surface area contributed by atoms with Crippen molar-refractivity contribution >= 4 is 27.7 Å². The van der Waals surface area contributed by atoms with Crippen molar-refractivity contribution in [3.05, 3.63) is 15.9 Å². The van der Waals surface area contributed by atoms with Gasteiger partial charge in [0.05, 0.1) is 6.04 Å². The minimum absolute atomic E-state index is 0.651. The van der Waals surface area contributed by atoms with Crippen LogP contribution < -0.4 is 5.32 Å². The van der Waals surface area contributed by atoms with Gasteiger partial charge in [-0.05, 0) is 15.9 Å². The number of aromatic nitrogens is 2. The SMILES string of the molecule is Brc1nn(C2CSC2)c2c1CNCC2. The van der Waals surface area contributed by atoms with E-state index in [-0.39, 0.29) is 0 Å². The molecule has 0 saturated carbocycles. The number of nitrogens with zero attached hydrogens (tertiary/aromatic N) is 2. The molecule has 14 heavy (non-hydrogen) atoms. The maximum atomic E-state index is 4.59. The highest BCUT2D eigenvalue weighted by atomic mass is 79.9. The van der Waals surface area contributed by atoms with Crippen LogP contribution in [-0.4, -0.2) is 27.8 Å². The first-order valence-corrected chi connectivity index (χ1v) is 6.85. The minimum atomic E-state index is 0.651. The summed E-state index contributed by atoms with van der Waals surface area (Å²) in [5.41, 5.74) is 2.81. The molecule has 5 heteroatoms. The average molecular weight is 274 g/mol. The molecule has 1 aromatic rings. The summed E-state index contributed by atoms with van der Waals surface area (Å²) in [5.74, 6) is 2.46. The molecule has 2 aliphatic heterocycles. The van der Waals surface area contributed by atoms with E-state index in [1.54, 1.807) is 0 Å². The summed E-state index contributed by atoms with van der Waals surface area (Å²) >= 11 is 5.55. The molecule has 0 atom stereocenters. The fourth-order valence-electron chi connectivity index (χ4n) is 2.00. The summed E-state index contributed by atoms with van der Waals surface area (Å²) in [5, 5.41) is 7.98. The molecule has 1 saturated heterocycles. The van der Waals surface area contributed by atoms with E-state index in [0.29, 0.717) is 6.04 Å². The molecule has 0 amide bonds. The Hall–Kier alpha value is -0.0000000000000000763. The van der Waals surface area contributed by atoms with E-state index in [1.807, 2.05) is 11.8 Å². The van der Waals surface area contributed by atoms with E-state index in [0.717, 1.165) is 24.1 Å². The summed E-state index contributed by atoms with van der Waals surface area (Å²) in [6.07, 6.45) is 1.12. The molecule has 2 aliphatic rings. The van der Waals surface area contributed by atoms with E-state index in [1.165, 1.54) is 22.8 Å². The van der Waals surface area contributed by atoms with Crippen molar-refractivity contribution in [2.75, 3.05) is 18.1 Å². The monoisotopic (exact) mass is 273 g/mol. The van der Waals surface area contributed by atoms with Gasteiger partial charge in [-0.2, -0.15) is 16.9 Å². The van der Waals surface area contributed by atoms with Gasteiger partial charge in [0.2, 0.25) is 0 Å². The number of thioether (sulfide) groups is 1. The van der Waals surface area contributed by atoms with Crippen LogP contribution >= 0.6 is 27.7 Å². The van der Waals surface area contributed by atoms with Crippen LogP contribution in [0.1, 0.15) is 17.3 Å². The van der Waals surface area contributed by atoms with Crippen LogP contribution in [0.2, 0.25) is 0 Å². The maximum absolute atomic E-state index is 4.59. The van der Waals surface area contributed by atoms with Gasteiger partial charge in [-0.15, -0.1) is 0 Å². The number of rotatable bonds is 1. The fraction of sp³-hybridized carbons (Fsp3) is 0.667. The highest BCUT2D eigenvalue weighted by Crippen LogP contribution is 2.33. The summed E-state index contributed by atoms with van der Waals surface area (Å²) in [7, 11) is 0. The third kappa shape index (κ3) is 1.33. The Kier molecular flexibility index (Phi) is 2.34. The molecule has 0 spiro atoms. The highest BCUT2D eigenvalue weighted by molar-refractivity contribution is 9.10. The van der Waals surface area contributed by atoms with Gasteiger partial charge < -0.3 is 5.32 Å². The number of hydrogen-bond acceptors (Lipinski definition) is 3. The molecule has 0 unspecified atom stereocenters. The highest BCUT2D eigenvalue weighted by Gasteiger charge is 2.27. The van der Waals surface area contributed by atoms with Crippen LogP contribution in [0.4, 0.5) is 0 Å². The van der Waals surface area contributed by atoms with Crippen molar-refractivity contribution in [2.24, 2.45) is 0 Å². The smallest absolute Gasteiger partial charge is 0.132 e. The van der Waals surface area contributed by atoms with Gasteiger partial charge in [0, 0.05) is 42.3 Å². The second kappa shape index (κ2) is 3.54. The Morgan fingerprint density at radius 3 is 3.07 bits per heavy atom. The van der Waals surface area contributed by atoms with E-state index in [2.05, 4.69) is 31.0 Å². The second-order valence-electron chi connectivity index (χ2n) is 3.78. The normalized spacial score (nSPS) is 21.8. The lowest BCUT2D eigenvalue weighted by Crippen LogP contribution is -2.29. The van der Waals surface area contributed by atoms with Crippen LogP contribution in [0.3, 0.4) is 0 Å². The van der Waals surface area contributed by atoms with E-state index in [4.69, 9.17) is 0 Å². The van der Waals surface area contributed by atoms with E-state index < -0.39 is 0 Å². The molecule has 0 radical (unpaired) electrons. The lowest BCUT2D eigenvalue weighted by atomic mass is 10.1. The Morgan fingerprint density at radius 2 is 2.36 bits per heavy atom. The molecule has 3 rings (SSSR count). The molecule has 1 fully saturated rings. The lowest BCUT2D eigenvalue weighted by molar-refractivity contribution is 0.488. The Morgan fingerprint density at radius 1 is 1.50 bits per heavy atom. The molecule has 1 aromatic heterocycles. The Balaban J connectivity index is 2.02. The lowest BCUT2D eigenvalue weighted by Gasteiger charge is -2.28. The molecular formula is C9H12BrN3S. The van der Waals surface area contributed by atoms with Crippen molar-refractivity contribution in [3.8, 4) is 0 Å². The van der Waals surface area contributed by atoms with Crippen LogP contribution in [0.15, 0.2) is 4.60 Å². The van der Waals surface area contributed by atoms with Gasteiger partial charge in [0.1, 0.15) is 4.60 Å². The van der Waals surface area contributed by atoms with Crippen molar-refractivity contribution in [3.63, 3.8) is 0 Å². The van der Waals surface area contributed by atoms with Crippen LogP contribution in [0, 0.1) is 0 Å². The first-order chi connectivity index (χ1) is 6.86. The van der Waals surface area contributed by atoms with Gasteiger partial charge in [0.25, 0.3) is 0 Å². The van der Waals surface area contributed by atoms with Gasteiger partial charge >= 0.3 is 0 Å². The van der Waals surface area contributed by atoms with Crippen molar-refractivity contribution in [2.45, 2.75) is 19.0 Å². The maximum Gasteiger partial charge on any atom is 0.132 e. The van der Waals surface area contributed by atoms with Crippen molar-refractivity contribution in [1.29, 1.82) is 0 Å². The zero-order valence-electron chi connectivity index (χ0n) is 7.79. The van der Waals surface area contributed by atoms with Crippen molar-refractivity contribution in [1.82, 2.24) is 15.1 Å². The number of hydrogen-bond donors (Lipinski definition) is 1. The Labute approximate surface area is 95.8 Å². The molecule has 3 heterocycles. The molecule has 3 nitrogen and oxygen atoms in total. The van der Waals surface area contributed by atoms with E-state index >= 15 is 0 Å². The predicted octanol–water partition coefficient (Wildman–Crippen LogP) is 1.58. The van der Waals surface area contributed by atoms with E-state index in [9.17, 15) is 0 Å². The minimum Gasteiger partial charge on any atom is -0.312 e. The molecule has 0 bridgehead atoms. The summed E-state index contributed by atoms with van der Waals surface area (Å²) in [6.45, 7) is 2.06. The first kappa shape index (κ1) is 9.24. The summed E-state index contributed by atoms with van der Waals surface area (Å²) in [6, 6.07) is 0.651. The van der Waals surface area contributed by atoms with Gasteiger partial charge in [0.15, 0.2) is 0 Å². The summed E-state index contributed by atoms with van der Waals surface area (Å²) in [4.78, 5) is 0. The topological polar surface area (TPSA) is 29.9 Å². The molecule has 0 aromatic carbocycles. The third-order valence-corrected chi connectivity index (χ3v) is 4.75. The second-order valence-corrected chi connectivity index (χ2v) is 5.60. The van der Waals surface area contributed by atoms with Crippen molar-refractivity contribution < 1.29 is 0 Å². The summed E-state index contributed by atoms with van der Waals surface area (Å²) < 4.78 is 3.29. The quantitative estimate of drug-likeness (QED) is 0.843. The average Bonchev–Trinajstić information content (AvgIpc) is 2.43. The number of fused-ring (bicyclic) bond motifs is 1. The van der Waals surface area contributed by atoms with Gasteiger partial charge in [-0.25, -0.2) is 0 Å². The molecule has 0 aliphatic carbocycles. The molecular weight excluding hydrogens is 262 g/mol. The van der Waals surface area contributed by atoms with Crippen LogP contribution in [0.5, 0.6) is 0 Å². The zero-order chi connectivity index (χ0) is 9.54. The zero-order valence-corrected chi connectivity index (χ0v) is 10.2. The number of nitrogens with one attached hydrogen (secondary N) is 1. The van der Waals surface area contributed by atoms with Crippen LogP contribution in [0.25, 0.3) is 0 Å². The molecule has 76 valence electrons. The standard InChI is InChI=1S/C9H12BrN3S/c10-9-7-3-11-2-1-8(7)13(12-9)6-4-14-5-6/h6,11H,1-5H2.